The van der Waals surface area contributed by atoms with Crippen molar-refractivity contribution in [2.45, 2.75) is 11.5 Å². The molecule has 2 N–H and O–H groups in total. The maximum absolute atomic E-state index is 12.5. The Hall–Kier alpha value is -4.14. The monoisotopic (exact) mass is 519 g/mol. The Morgan fingerprint density at radius 1 is 0.889 bits per heavy atom. The number of anilines is 1. The highest BCUT2D eigenvalue weighted by Crippen LogP contribution is 2.19. The summed E-state index contributed by atoms with van der Waals surface area (Å²) in [6.07, 6.45) is 1.52. The maximum Gasteiger partial charge on any atom is 0.271 e. The number of hydrazone groups is 1. The topological polar surface area (TPSA) is 96.9 Å². The van der Waals surface area contributed by atoms with Crippen molar-refractivity contribution in [1.82, 2.24) is 5.43 Å². The smallest absolute Gasteiger partial charge is 0.271 e. The summed E-state index contributed by atoms with van der Waals surface area (Å²) >= 11 is 5.81. The van der Waals surface area contributed by atoms with Crippen molar-refractivity contribution in [3.05, 3.63) is 125 Å². The van der Waals surface area contributed by atoms with Crippen molar-refractivity contribution < 1.29 is 17.9 Å². The molecular weight excluding hydrogens is 498 g/mol. The lowest BCUT2D eigenvalue weighted by molar-refractivity contribution is 0.0955. The van der Waals surface area contributed by atoms with Gasteiger partial charge in [0.15, 0.2) is 0 Å². The molecule has 182 valence electrons. The number of sulfonamides is 1. The van der Waals surface area contributed by atoms with Gasteiger partial charge in [0.1, 0.15) is 12.4 Å². The van der Waals surface area contributed by atoms with Gasteiger partial charge in [-0.3, -0.25) is 9.52 Å². The molecule has 0 saturated heterocycles. The number of hydrogen-bond donors (Lipinski definition) is 2. The summed E-state index contributed by atoms with van der Waals surface area (Å²) in [5.74, 6) is 0.251. The van der Waals surface area contributed by atoms with Crippen molar-refractivity contribution in [3.8, 4) is 5.75 Å². The molecule has 9 heteroatoms. The van der Waals surface area contributed by atoms with Crippen LogP contribution in [-0.4, -0.2) is 20.5 Å². The first-order chi connectivity index (χ1) is 17.4. The summed E-state index contributed by atoms with van der Waals surface area (Å²) in [6.45, 7) is 0.448. The van der Waals surface area contributed by atoms with E-state index in [1.165, 1.54) is 54.7 Å². The van der Waals surface area contributed by atoms with Gasteiger partial charge in [-0.25, -0.2) is 13.8 Å². The molecule has 0 bridgehead atoms. The van der Waals surface area contributed by atoms with Gasteiger partial charge in [0.2, 0.25) is 0 Å². The summed E-state index contributed by atoms with van der Waals surface area (Å²) in [7, 11) is -3.77. The largest absolute Gasteiger partial charge is 0.489 e. The fourth-order valence-corrected chi connectivity index (χ4v) is 4.36. The number of halogens is 1. The van der Waals surface area contributed by atoms with Gasteiger partial charge in [0, 0.05) is 16.3 Å². The molecule has 0 spiro atoms. The lowest BCUT2D eigenvalue weighted by Gasteiger charge is -2.09. The average molecular weight is 520 g/mol. The van der Waals surface area contributed by atoms with E-state index in [9.17, 15) is 13.2 Å². The van der Waals surface area contributed by atoms with Gasteiger partial charge in [-0.15, -0.1) is 0 Å². The minimum Gasteiger partial charge on any atom is -0.489 e. The number of amides is 1. The molecule has 0 aliphatic rings. The Morgan fingerprint density at radius 3 is 2.33 bits per heavy atom. The Balaban J connectivity index is 1.32. The number of nitrogens with one attached hydrogen (secondary N) is 2. The molecule has 36 heavy (non-hydrogen) atoms. The molecule has 7 nitrogen and oxygen atoms in total. The summed E-state index contributed by atoms with van der Waals surface area (Å²) < 4.78 is 33.2. The van der Waals surface area contributed by atoms with E-state index < -0.39 is 15.9 Å². The molecule has 0 saturated carbocycles. The molecule has 0 aromatic heterocycles. The Bertz CT molecular complexity index is 1460. The van der Waals surface area contributed by atoms with E-state index in [2.05, 4.69) is 15.2 Å². The van der Waals surface area contributed by atoms with Crippen LogP contribution in [0.25, 0.3) is 0 Å². The van der Waals surface area contributed by atoms with Crippen LogP contribution >= 0.6 is 11.6 Å². The molecule has 0 unspecified atom stereocenters. The highest BCUT2D eigenvalue weighted by molar-refractivity contribution is 7.92. The molecule has 0 aliphatic carbocycles. The van der Waals surface area contributed by atoms with Crippen molar-refractivity contribution in [2.75, 3.05) is 4.72 Å². The number of carbonyl (C=O) groups excluding carboxylic acids is 1. The van der Waals surface area contributed by atoms with Gasteiger partial charge in [-0.05, 0) is 71.8 Å². The van der Waals surface area contributed by atoms with Crippen molar-refractivity contribution in [3.63, 3.8) is 0 Å². The molecule has 4 aromatic rings. The first-order valence-electron chi connectivity index (χ1n) is 10.9. The first-order valence-corrected chi connectivity index (χ1v) is 12.7. The third-order valence-electron chi connectivity index (χ3n) is 5.01. The summed E-state index contributed by atoms with van der Waals surface area (Å²) in [5.41, 5.74) is 4.92. The van der Waals surface area contributed by atoms with Crippen LogP contribution in [0.3, 0.4) is 0 Å². The SMILES string of the molecule is O=C(N/N=C/c1cccc(OCc2ccccc2)c1)c1ccc(NS(=O)(=O)c2ccc(Cl)cc2)cc1. The molecule has 1 amide bonds. The minimum atomic E-state index is -3.77. The standard InChI is InChI=1S/C27H22ClN3O4S/c28-23-11-15-26(16-12-23)36(33,34)31-24-13-9-22(10-14-24)27(32)30-29-18-21-7-4-8-25(17-21)35-19-20-5-2-1-3-6-20/h1-18,31H,19H2,(H,30,32)/b29-18+. The molecule has 0 heterocycles. The Kier molecular flexibility index (Phi) is 7.99. The van der Waals surface area contributed by atoms with Crippen LogP contribution in [0.15, 0.2) is 113 Å². The zero-order valence-corrected chi connectivity index (χ0v) is 20.5. The van der Waals surface area contributed by atoms with Gasteiger partial charge in [0.05, 0.1) is 11.1 Å². The van der Waals surface area contributed by atoms with Gasteiger partial charge < -0.3 is 4.74 Å². The molecule has 4 aromatic carbocycles. The van der Waals surface area contributed by atoms with Gasteiger partial charge in [0.25, 0.3) is 15.9 Å². The molecule has 0 radical (unpaired) electrons. The molecule has 0 aliphatic heterocycles. The van der Waals surface area contributed by atoms with Crippen molar-refractivity contribution in [2.24, 2.45) is 5.10 Å². The van der Waals surface area contributed by atoms with Crippen molar-refractivity contribution >= 4 is 39.4 Å². The lowest BCUT2D eigenvalue weighted by atomic mass is 10.2. The number of hydrogen-bond acceptors (Lipinski definition) is 5. The number of carbonyl (C=O) groups is 1. The van der Waals surface area contributed by atoms with Gasteiger partial charge >= 0.3 is 0 Å². The van der Waals surface area contributed by atoms with Gasteiger partial charge in [-0.2, -0.15) is 5.10 Å². The second-order valence-corrected chi connectivity index (χ2v) is 9.80. The summed E-state index contributed by atoms with van der Waals surface area (Å²) in [5, 5.41) is 4.44. The van der Waals surface area contributed by atoms with E-state index >= 15 is 0 Å². The van der Waals surface area contributed by atoms with Gasteiger partial charge in [-0.1, -0.05) is 54.1 Å². The zero-order chi connectivity index (χ0) is 25.4. The molecular formula is C27H22ClN3O4S. The average Bonchev–Trinajstić information content (AvgIpc) is 2.89. The normalized spacial score (nSPS) is 11.2. The van der Waals surface area contributed by atoms with Crippen LogP contribution in [0.2, 0.25) is 5.02 Å². The van der Waals surface area contributed by atoms with Crippen LogP contribution in [0.4, 0.5) is 5.69 Å². The van der Waals surface area contributed by atoms with E-state index in [4.69, 9.17) is 16.3 Å². The highest BCUT2D eigenvalue weighted by atomic mass is 35.5. The third kappa shape index (κ3) is 6.94. The predicted molar refractivity (Wildman–Crippen MR) is 141 cm³/mol. The van der Waals surface area contributed by atoms with E-state index in [1.807, 2.05) is 54.6 Å². The minimum absolute atomic E-state index is 0.0811. The number of rotatable bonds is 9. The molecule has 0 atom stereocenters. The fourth-order valence-electron chi connectivity index (χ4n) is 3.17. The van der Waals surface area contributed by atoms with Crippen molar-refractivity contribution in [1.29, 1.82) is 0 Å². The quantitative estimate of drug-likeness (QED) is 0.226. The van der Waals surface area contributed by atoms with Crippen LogP contribution < -0.4 is 14.9 Å². The zero-order valence-electron chi connectivity index (χ0n) is 19.0. The van der Waals surface area contributed by atoms with E-state index in [0.29, 0.717) is 28.6 Å². The van der Waals surface area contributed by atoms with E-state index in [0.717, 1.165) is 11.1 Å². The van der Waals surface area contributed by atoms with E-state index in [1.54, 1.807) is 0 Å². The second kappa shape index (κ2) is 11.5. The first kappa shape index (κ1) is 25.0. The number of benzene rings is 4. The highest BCUT2D eigenvalue weighted by Gasteiger charge is 2.14. The maximum atomic E-state index is 12.5. The Morgan fingerprint density at radius 2 is 1.61 bits per heavy atom. The number of ether oxygens (including phenoxy) is 1. The molecule has 0 fully saturated rings. The van der Waals surface area contributed by atoms with Crippen LogP contribution in [0, 0.1) is 0 Å². The second-order valence-electron chi connectivity index (χ2n) is 7.68. The van der Waals surface area contributed by atoms with Crippen LogP contribution in [-0.2, 0) is 16.6 Å². The van der Waals surface area contributed by atoms with Crippen LogP contribution in [0.5, 0.6) is 5.75 Å². The van der Waals surface area contributed by atoms with Crippen LogP contribution in [0.1, 0.15) is 21.5 Å². The number of nitrogens with zero attached hydrogens (tertiary/aromatic N) is 1. The summed E-state index contributed by atoms with van der Waals surface area (Å²) in [4.78, 5) is 12.5. The Labute approximate surface area is 214 Å². The predicted octanol–water partition coefficient (Wildman–Crippen LogP) is 5.48. The van der Waals surface area contributed by atoms with E-state index in [-0.39, 0.29) is 4.90 Å². The third-order valence-corrected chi connectivity index (χ3v) is 6.66. The fraction of sp³-hybridized carbons (Fsp3) is 0.0370. The summed E-state index contributed by atoms with van der Waals surface area (Å²) in [6, 6.07) is 29.0. The lowest BCUT2D eigenvalue weighted by Crippen LogP contribution is -2.18. The molecule has 4 rings (SSSR count).